The van der Waals surface area contributed by atoms with Crippen molar-refractivity contribution < 1.29 is 9.59 Å². The summed E-state index contributed by atoms with van der Waals surface area (Å²) in [6.45, 7) is 3.32. The van der Waals surface area contributed by atoms with E-state index >= 15 is 0 Å². The van der Waals surface area contributed by atoms with Crippen LogP contribution >= 0.6 is 12.4 Å². The third kappa shape index (κ3) is 9.21. The molecule has 2 aliphatic heterocycles. The number of amidine groups is 2. The molecule has 0 aliphatic carbocycles. The predicted molar refractivity (Wildman–Crippen MR) is 153 cm³/mol. The van der Waals surface area contributed by atoms with E-state index < -0.39 is 0 Å². The third-order valence-corrected chi connectivity index (χ3v) is 6.25. The summed E-state index contributed by atoms with van der Waals surface area (Å²) in [5.74, 6) is 1.88. The Hall–Kier alpha value is -3.39. The molecule has 9 heteroatoms. The molecule has 0 aromatic heterocycles. The fraction of sp³-hybridized carbons (Fsp3) is 0.429. The molecule has 4 rings (SSSR count). The topological polar surface area (TPSA) is 107 Å². The number of nitrogens with one attached hydrogen (secondary N) is 4. The molecule has 0 bridgehead atoms. The predicted octanol–water partition coefficient (Wildman–Crippen LogP) is 4.51. The van der Waals surface area contributed by atoms with Gasteiger partial charge in [0, 0.05) is 48.4 Å². The minimum atomic E-state index is 0. The van der Waals surface area contributed by atoms with E-state index in [0.29, 0.717) is 12.8 Å². The van der Waals surface area contributed by atoms with Crippen LogP contribution < -0.4 is 21.3 Å². The van der Waals surface area contributed by atoms with Crippen LogP contribution in [0.2, 0.25) is 0 Å². The maximum absolute atomic E-state index is 12.3. The van der Waals surface area contributed by atoms with E-state index in [1.807, 2.05) is 48.5 Å². The number of carbonyl (C=O) groups excluding carboxylic acids is 2. The molecule has 37 heavy (non-hydrogen) atoms. The van der Waals surface area contributed by atoms with Gasteiger partial charge in [0.25, 0.3) is 0 Å². The largest absolute Gasteiger partial charge is 0.368 e. The lowest BCUT2D eigenvalue weighted by atomic mass is 10.1. The van der Waals surface area contributed by atoms with Gasteiger partial charge in [0.2, 0.25) is 11.8 Å². The van der Waals surface area contributed by atoms with Gasteiger partial charge in [-0.3, -0.25) is 19.6 Å². The Morgan fingerprint density at radius 2 is 1.11 bits per heavy atom. The zero-order valence-corrected chi connectivity index (χ0v) is 22.0. The number of hydrogen-bond acceptors (Lipinski definition) is 6. The summed E-state index contributed by atoms with van der Waals surface area (Å²) in [7, 11) is 0. The summed E-state index contributed by atoms with van der Waals surface area (Å²) < 4.78 is 0. The Kier molecular flexibility index (Phi) is 11.4. The number of anilines is 2. The Morgan fingerprint density at radius 3 is 1.51 bits per heavy atom. The van der Waals surface area contributed by atoms with Crippen LogP contribution in [0.4, 0.5) is 11.4 Å². The number of amides is 2. The van der Waals surface area contributed by atoms with Crippen molar-refractivity contribution in [1.82, 2.24) is 10.6 Å². The number of aliphatic imine (C=N–C) groups is 2. The van der Waals surface area contributed by atoms with Crippen LogP contribution in [0.25, 0.3) is 0 Å². The normalized spacial score (nSPS) is 14.1. The van der Waals surface area contributed by atoms with Gasteiger partial charge in [0.1, 0.15) is 11.7 Å². The molecular formula is C28H37ClN6O2. The summed E-state index contributed by atoms with van der Waals surface area (Å²) in [6, 6.07) is 15.6. The van der Waals surface area contributed by atoms with Crippen LogP contribution in [0.3, 0.4) is 0 Å². The van der Waals surface area contributed by atoms with Gasteiger partial charge in [-0.05, 0) is 37.1 Å². The van der Waals surface area contributed by atoms with Crippen molar-refractivity contribution in [3.05, 3.63) is 59.7 Å². The summed E-state index contributed by atoms with van der Waals surface area (Å²) in [4.78, 5) is 33.4. The number of rotatable bonds is 13. The molecule has 8 nitrogen and oxygen atoms in total. The van der Waals surface area contributed by atoms with Crippen molar-refractivity contribution in [2.24, 2.45) is 9.98 Å². The Bertz CT molecular complexity index is 1030. The lowest BCUT2D eigenvalue weighted by Gasteiger charge is -2.08. The molecule has 2 heterocycles. The standard InChI is InChI=1S/C28H36N6O2.ClH/c35-25(33-23-11-7-9-21(19-23)27-29-15-16-30-27)13-5-3-1-2-4-6-14-26(36)34-24-12-8-10-22(20-24)28-31-17-18-32-28;/h7-12,19-20H,1-6,13-18H2,(H,29,30)(H,31,32)(H,33,35)(H,34,36);1H. The summed E-state index contributed by atoms with van der Waals surface area (Å²) in [6.07, 6.45) is 6.98. The van der Waals surface area contributed by atoms with Gasteiger partial charge >= 0.3 is 0 Å². The fourth-order valence-electron chi connectivity index (χ4n) is 4.40. The zero-order chi connectivity index (χ0) is 25.0. The van der Waals surface area contributed by atoms with Crippen molar-refractivity contribution in [3.63, 3.8) is 0 Å². The molecule has 0 atom stereocenters. The van der Waals surface area contributed by atoms with Crippen molar-refractivity contribution in [2.75, 3.05) is 36.8 Å². The fourth-order valence-corrected chi connectivity index (χ4v) is 4.40. The van der Waals surface area contributed by atoms with Crippen LogP contribution in [-0.4, -0.2) is 49.7 Å². The van der Waals surface area contributed by atoms with Gasteiger partial charge in [-0.2, -0.15) is 0 Å². The highest BCUT2D eigenvalue weighted by atomic mass is 35.5. The van der Waals surface area contributed by atoms with Gasteiger partial charge in [-0.1, -0.05) is 49.9 Å². The summed E-state index contributed by atoms with van der Waals surface area (Å²) in [5.41, 5.74) is 3.62. The smallest absolute Gasteiger partial charge is 0.224 e. The van der Waals surface area contributed by atoms with Crippen molar-refractivity contribution >= 4 is 47.3 Å². The SMILES string of the molecule is Cl.O=C(CCCCCCCCC(=O)Nc1cccc(C2=NCCN2)c1)Nc1cccc(C2=NCCN2)c1. The highest BCUT2D eigenvalue weighted by molar-refractivity contribution is 6.02. The van der Waals surface area contributed by atoms with Crippen LogP contribution in [-0.2, 0) is 9.59 Å². The number of hydrogen-bond donors (Lipinski definition) is 4. The molecule has 0 radical (unpaired) electrons. The third-order valence-electron chi connectivity index (χ3n) is 6.25. The monoisotopic (exact) mass is 524 g/mol. The van der Waals surface area contributed by atoms with Crippen molar-refractivity contribution in [1.29, 1.82) is 0 Å². The Labute approximate surface area is 225 Å². The molecule has 2 amide bonds. The molecular weight excluding hydrogens is 488 g/mol. The lowest BCUT2D eigenvalue weighted by Crippen LogP contribution is -2.19. The van der Waals surface area contributed by atoms with Crippen LogP contribution in [0, 0.1) is 0 Å². The van der Waals surface area contributed by atoms with Crippen LogP contribution in [0.15, 0.2) is 58.5 Å². The molecule has 0 unspecified atom stereocenters. The van der Waals surface area contributed by atoms with E-state index in [0.717, 1.165) is 98.9 Å². The number of halogens is 1. The number of carbonyl (C=O) groups is 2. The minimum Gasteiger partial charge on any atom is -0.368 e. The lowest BCUT2D eigenvalue weighted by molar-refractivity contribution is -0.117. The van der Waals surface area contributed by atoms with E-state index in [9.17, 15) is 9.59 Å². The first kappa shape index (κ1) is 28.2. The van der Waals surface area contributed by atoms with Crippen LogP contribution in [0.1, 0.15) is 62.5 Å². The second-order valence-electron chi connectivity index (χ2n) is 9.19. The molecule has 4 N–H and O–H groups in total. The number of benzene rings is 2. The van der Waals surface area contributed by atoms with E-state index in [1.54, 1.807) is 0 Å². The van der Waals surface area contributed by atoms with Crippen molar-refractivity contribution in [2.45, 2.75) is 51.4 Å². The Morgan fingerprint density at radius 1 is 0.676 bits per heavy atom. The van der Waals surface area contributed by atoms with E-state index in [2.05, 4.69) is 31.3 Å². The molecule has 2 aliphatic rings. The average Bonchev–Trinajstić information content (AvgIpc) is 3.61. The maximum Gasteiger partial charge on any atom is 0.224 e. The van der Waals surface area contributed by atoms with Gasteiger partial charge in [0.15, 0.2) is 0 Å². The number of unbranched alkanes of at least 4 members (excludes halogenated alkanes) is 5. The van der Waals surface area contributed by atoms with Gasteiger partial charge in [-0.25, -0.2) is 0 Å². The average molecular weight is 525 g/mol. The highest BCUT2D eigenvalue weighted by Gasteiger charge is 2.11. The summed E-state index contributed by atoms with van der Waals surface area (Å²) >= 11 is 0. The first-order valence-corrected chi connectivity index (χ1v) is 13.0. The zero-order valence-electron chi connectivity index (χ0n) is 21.2. The van der Waals surface area contributed by atoms with E-state index in [1.165, 1.54) is 0 Å². The first-order valence-electron chi connectivity index (χ1n) is 13.0. The molecule has 0 spiro atoms. The first-order chi connectivity index (χ1) is 17.7. The van der Waals surface area contributed by atoms with Gasteiger partial charge in [-0.15, -0.1) is 12.4 Å². The Balaban J connectivity index is 0.00000380. The van der Waals surface area contributed by atoms with Crippen LogP contribution in [0.5, 0.6) is 0 Å². The summed E-state index contributed by atoms with van der Waals surface area (Å²) in [5, 5.41) is 12.5. The van der Waals surface area contributed by atoms with Crippen molar-refractivity contribution in [3.8, 4) is 0 Å². The molecule has 2 aromatic carbocycles. The second-order valence-corrected chi connectivity index (χ2v) is 9.19. The van der Waals surface area contributed by atoms with Gasteiger partial charge in [0.05, 0.1) is 13.1 Å². The maximum atomic E-state index is 12.3. The molecule has 0 saturated carbocycles. The van der Waals surface area contributed by atoms with E-state index in [-0.39, 0.29) is 24.2 Å². The quantitative estimate of drug-likeness (QED) is 0.289. The van der Waals surface area contributed by atoms with Gasteiger partial charge < -0.3 is 21.3 Å². The highest BCUT2D eigenvalue weighted by Crippen LogP contribution is 2.15. The van der Waals surface area contributed by atoms with E-state index in [4.69, 9.17) is 0 Å². The molecule has 0 saturated heterocycles. The molecule has 2 aromatic rings. The molecule has 0 fully saturated rings. The molecule has 198 valence electrons. The number of nitrogens with zero attached hydrogens (tertiary/aromatic N) is 2. The second kappa shape index (κ2) is 15.0. The minimum absolute atomic E-state index is 0.